The van der Waals surface area contributed by atoms with Crippen molar-refractivity contribution in [1.29, 1.82) is 0 Å². The first-order chi connectivity index (χ1) is 12.8. The summed E-state index contributed by atoms with van der Waals surface area (Å²) in [6, 6.07) is 7.75. The zero-order valence-electron chi connectivity index (χ0n) is 14.7. The molecular weight excluding hydrogens is 352 g/mol. The number of nitrogens with two attached hydrogens (primary N) is 2. The van der Waals surface area contributed by atoms with Gasteiger partial charge in [-0.25, -0.2) is 14.4 Å². The Morgan fingerprint density at radius 3 is 1.93 bits per heavy atom. The highest BCUT2D eigenvalue weighted by atomic mass is 16.5. The Morgan fingerprint density at radius 2 is 1.37 bits per heavy atom. The first-order valence-electron chi connectivity index (χ1n) is 8.21. The van der Waals surface area contributed by atoms with Gasteiger partial charge in [-0.15, -0.1) is 0 Å². The van der Waals surface area contributed by atoms with Crippen molar-refractivity contribution in [3.8, 4) is 11.5 Å². The van der Waals surface area contributed by atoms with Gasteiger partial charge in [0.05, 0.1) is 5.39 Å². The number of carbonyl (C=O) groups excluding carboxylic acids is 2. The van der Waals surface area contributed by atoms with E-state index in [1.165, 1.54) is 26.0 Å². The van der Waals surface area contributed by atoms with E-state index < -0.39 is 29.6 Å². The van der Waals surface area contributed by atoms with Gasteiger partial charge in [0.2, 0.25) is 0 Å². The van der Waals surface area contributed by atoms with Gasteiger partial charge in [-0.1, -0.05) is 0 Å². The Kier molecular flexibility index (Phi) is 4.93. The third-order valence-corrected chi connectivity index (χ3v) is 3.84. The second kappa shape index (κ2) is 7.18. The molecule has 0 aliphatic carbocycles. The van der Waals surface area contributed by atoms with Crippen LogP contribution in [0.5, 0.6) is 11.5 Å². The molecule has 0 amide bonds. The minimum Gasteiger partial charge on any atom is -0.425 e. The maximum absolute atomic E-state index is 12.3. The van der Waals surface area contributed by atoms with Crippen LogP contribution in [0.2, 0.25) is 0 Å². The van der Waals surface area contributed by atoms with Crippen LogP contribution in [-0.2, 0) is 9.59 Å². The molecule has 0 saturated heterocycles. The minimum atomic E-state index is -0.786. The van der Waals surface area contributed by atoms with Gasteiger partial charge in [0.25, 0.3) is 0 Å². The number of benzene rings is 2. The normalized spacial score (nSPS) is 13.3. The second-order valence-electron chi connectivity index (χ2n) is 6.17. The number of ether oxygens (including phenoxy) is 2. The molecule has 1 aromatic heterocycles. The number of rotatable bonds is 4. The summed E-state index contributed by atoms with van der Waals surface area (Å²) < 4.78 is 15.6. The lowest BCUT2D eigenvalue weighted by Gasteiger charge is -2.09. The van der Waals surface area contributed by atoms with Crippen molar-refractivity contribution in [3.63, 3.8) is 0 Å². The Bertz CT molecular complexity index is 1100. The molecule has 2 aromatic carbocycles. The molecule has 0 radical (unpaired) electrons. The van der Waals surface area contributed by atoms with Crippen LogP contribution in [0.4, 0.5) is 0 Å². The van der Waals surface area contributed by atoms with E-state index >= 15 is 0 Å². The van der Waals surface area contributed by atoms with Crippen molar-refractivity contribution in [1.82, 2.24) is 0 Å². The fourth-order valence-corrected chi connectivity index (χ4v) is 2.44. The van der Waals surface area contributed by atoms with Gasteiger partial charge >= 0.3 is 17.6 Å². The van der Waals surface area contributed by atoms with Gasteiger partial charge in [-0.05, 0) is 44.2 Å². The van der Waals surface area contributed by atoms with E-state index in [1.807, 2.05) is 0 Å². The maximum Gasteiger partial charge on any atom is 0.344 e. The Balaban J connectivity index is 2.05. The van der Waals surface area contributed by atoms with Crippen molar-refractivity contribution < 1.29 is 23.5 Å². The van der Waals surface area contributed by atoms with Crippen molar-refractivity contribution in [3.05, 3.63) is 46.8 Å². The first-order valence-corrected chi connectivity index (χ1v) is 8.21. The van der Waals surface area contributed by atoms with Gasteiger partial charge in [0.15, 0.2) is 0 Å². The molecule has 8 heteroatoms. The summed E-state index contributed by atoms with van der Waals surface area (Å²) >= 11 is 0. The molecule has 0 saturated carbocycles. The fourth-order valence-electron chi connectivity index (χ4n) is 2.44. The molecule has 0 fully saturated rings. The molecule has 3 rings (SSSR count). The molecule has 0 aliphatic rings. The van der Waals surface area contributed by atoms with Crippen LogP contribution in [0.3, 0.4) is 0 Å². The van der Waals surface area contributed by atoms with E-state index in [9.17, 15) is 14.4 Å². The Labute approximate surface area is 153 Å². The van der Waals surface area contributed by atoms with E-state index in [0.717, 1.165) is 0 Å². The van der Waals surface area contributed by atoms with Gasteiger partial charge in [0.1, 0.15) is 29.2 Å². The van der Waals surface area contributed by atoms with Crippen LogP contribution < -0.4 is 26.6 Å². The summed E-state index contributed by atoms with van der Waals surface area (Å²) in [5.74, 6) is -0.799. The third-order valence-electron chi connectivity index (χ3n) is 3.84. The smallest absolute Gasteiger partial charge is 0.344 e. The molecule has 4 N–H and O–H groups in total. The second-order valence-corrected chi connectivity index (χ2v) is 6.17. The van der Waals surface area contributed by atoms with Crippen LogP contribution in [0.1, 0.15) is 13.8 Å². The van der Waals surface area contributed by atoms with Crippen molar-refractivity contribution in [2.45, 2.75) is 25.9 Å². The molecular formula is C19H18N2O6. The summed E-state index contributed by atoms with van der Waals surface area (Å²) in [6.45, 7) is 3.01. The van der Waals surface area contributed by atoms with Crippen LogP contribution in [0, 0.1) is 0 Å². The summed E-state index contributed by atoms with van der Waals surface area (Å²) in [4.78, 5) is 35.6. The predicted molar refractivity (Wildman–Crippen MR) is 98.6 cm³/mol. The molecule has 0 bridgehead atoms. The lowest BCUT2D eigenvalue weighted by molar-refractivity contribution is -0.136. The molecule has 0 aliphatic heterocycles. The predicted octanol–water partition coefficient (Wildman–Crippen LogP) is 1.45. The van der Waals surface area contributed by atoms with Gasteiger partial charge in [-0.3, -0.25) is 0 Å². The van der Waals surface area contributed by atoms with Crippen LogP contribution in [0.25, 0.3) is 21.7 Å². The number of hydrogen-bond donors (Lipinski definition) is 2. The van der Waals surface area contributed by atoms with Crippen LogP contribution in [-0.4, -0.2) is 24.0 Å². The van der Waals surface area contributed by atoms with Gasteiger partial charge in [0, 0.05) is 16.8 Å². The molecule has 27 heavy (non-hydrogen) atoms. The quantitative estimate of drug-likeness (QED) is 0.305. The first kappa shape index (κ1) is 18.6. The zero-order chi connectivity index (χ0) is 19.7. The van der Waals surface area contributed by atoms with Crippen molar-refractivity contribution in [2.75, 3.05) is 0 Å². The number of esters is 2. The van der Waals surface area contributed by atoms with E-state index in [2.05, 4.69) is 0 Å². The van der Waals surface area contributed by atoms with Gasteiger partial charge in [-0.2, -0.15) is 0 Å². The van der Waals surface area contributed by atoms with E-state index in [0.29, 0.717) is 10.8 Å². The average molecular weight is 370 g/mol. The molecule has 0 spiro atoms. The zero-order valence-corrected chi connectivity index (χ0v) is 14.7. The highest BCUT2D eigenvalue weighted by Crippen LogP contribution is 2.28. The summed E-state index contributed by atoms with van der Waals surface area (Å²) in [5.41, 5.74) is 10.6. The van der Waals surface area contributed by atoms with Crippen molar-refractivity contribution in [2.24, 2.45) is 11.5 Å². The van der Waals surface area contributed by atoms with Gasteiger partial charge < -0.3 is 25.4 Å². The SMILES string of the molecule is C[C@H](N)C(=O)Oc1ccc2c(c1)oc(=O)c1cc(OC(=O)[C@@H](C)N)ccc12. The fraction of sp³-hybridized carbons (Fsp3) is 0.211. The topological polar surface area (TPSA) is 135 Å². The summed E-state index contributed by atoms with van der Waals surface area (Å²) in [7, 11) is 0. The molecule has 1 heterocycles. The largest absolute Gasteiger partial charge is 0.425 e. The Hall–Kier alpha value is -3.23. The lowest BCUT2D eigenvalue weighted by Crippen LogP contribution is -2.30. The number of hydrogen-bond acceptors (Lipinski definition) is 8. The molecule has 3 aromatic rings. The summed E-state index contributed by atoms with van der Waals surface area (Å²) in [5, 5.41) is 1.49. The van der Waals surface area contributed by atoms with E-state index in [1.54, 1.807) is 24.3 Å². The maximum atomic E-state index is 12.3. The third kappa shape index (κ3) is 3.81. The van der Waals surface area contributed by atoms with Crippen LogP contribution in [0.15, 0.2) is 45.6 Å². The minimum absolute atomic E-state index is 0.193. The average Bonchev–Trinajstić information content (AvgIpc) is 2.61. The number of fused-ring (bicyclic) bond motifs is 3. The number of carbonyl (C=O) groups is 2. The molecule has 8 nitrogen and oxygen atoms in total. The summed E-state index contributed by atoms with van der Waals surface area (Å²) in [6.07, 6.45) is 0. The van der Waals surface area contributed by atoms with Crippen molar-refractivity contribution >= 4 is 33.7 Å². The standard InChI is InChI=1S/C19H18N2O6/c1-9(20)17(22)25-11-3-5-13-14-6-4-12(26-18(23)10(2)21)8-16(14)27-19(24)15(13)7-11/h3-10H,20-21H2,1-2H3/t9-,10+/m1/s1. The monoisotopic (exact) mass is 370 g/mol. The Morgan fingerprint density at radius 1 is 0.852 bits per heavy atom. The highest BCUT2D eigenvalue weighted by molar-refractivity contribution is 6.05. The van der Waals surface area contributed by atoms with E-state index in [4.69, 9.17) is 25.4 Å². The molecule has 2 atom stereocenters. The lowest BCUT2D eigenvalue weighted by atomic mass is 10.1. The highest BCUT2D eigenvalue weighted by Gasteiger charge is 2.15. The molecule has 140 valence electrons. The van der Waals surface area contributed by atoms with E-state index in [-0.39, 0.29) is 22.5 Å². The molecule has 0 unspecified atom stereocenters. The van der Waals surface area contributed by atoms with Crippen LogP contribution >= 0.6 is 0 Å².